The summed E-state index contributed by atoms with van der Waals surface area (Å²) < 4.78 is 6.79. The van der Waals surface area contributed by atoms with Crippen LogP contribution in [0.4, 0.5) is 0 Å². The topological polar surface area (TPSA) is 59.4 Å². The molecule has 0 bridgehead atoms. The van der Waals surface area contributed by atoms with Gasteiger partial charge >= 0.3 is 5.97 Å². The number of hydrogen-bond acceptors (Lipinski definition) is 4. The smallest absolute Gasteiger partial charge is 0.337 e. The number of nitrogens with zero attached hydrogens (tertiary/aromatic N) is 1. The predicted molar refractivity (Wildman–Crippen MR) is 94.1 cm³/mol. The van der Waals surface area contributed by atoms with Gasteiger partial charge in [-0.2, -0.15) is 0 Å². The lowest BCUT2D eigenvalue weighted by Crippen LogP contribution is -2.27. The zero-order valence-electron chi connectivity index (χ0n) is 14.6. The Balaban J connectivity index is 2.46. The Morgan fingerprint density at radius 3 is 2.52 bits per heavy atom. The van der Waals surface area contributed by atoms with E-state index in [9.17, 15) is 9.90 Å². The van der Waals surface area contributed by atoms with Gasteiger partial charge in [-0.15, -0.1) is 11.3 Å². The number of carboxylic acids is 1. The molecule has 0 saturated heterocycles. The van der Waals surface area contributed by atoms with E-state index in [4.69, 9.17) is 4.74 Å². The zero-order chi connectivity index (χ0) is 17.4. The van der Waals surface area contributed by atoms with Crippen LogP contribution in [-0.4, -0.2) is 21.7 Å². The summed E-state index contributed by atoms with van der Waals surface area (Å²) in [5.41, 5.74) is 2.02. The van der Waals surface area contributed by atoms with Crippen LogP contribution < -0.4 is 0 Å². The summed E-state index contributed by atoms with van der Waals surface area (Å²) in [6.45, 7) is 11.8. The van der Waals surface area contributed by atoms with Crippen LogP contribution in [0.5, 0.6) is 0 Å². The predicted octanol–water partition coefficient (Wildman–Crippen LogP) is 4.74. The van der Waals surface area contributed by atoms with Gasteiger partial charge in [0.05, 0.1) is 20.8 Å². The number of benzene rings is 1. The first-order chi connectivity index (χ1) is 10.6. The molecular weight excluding hydrogens is 310 g/mol. The average molecular weight is 335 g/mol. The molecule has 0 saturated carbocycles. The molecule has 5 heteroatoms. The van der Waals surface area contributed by atoms with Crippen molar-refractivity contribution < 1.29 is 14.6 Å². The molecule has 126 valence electrons. The van der Waals surface area contributed by atoms with E-state index in [1.54, 1.807) is 11.3 Å². The highest BCUT2D eigenvalue weighted by molar-refractivity contribution is 7.18. The highest BCUT2D eigenvalue weighted by Gasteiger charge is 2.28. The van der Waals surface area contributed by atoms with Crippen molar-refractivity contribution >= 4 is 27.5 Å². The summed E-state index contributed by atoms with van der Waals surface area (Å²) in [4.78, 5) is 16.3. The lowest BCUT2D eigenvalue weighted by Gasteiger charge is -2.26. The molecule has 0 radical (unpaired) electrons. The Bertz CT molecular complexity index is 713. The van der Waals surface area contributed by atoms with E-state index in [1.165, 1.54) is 0 Å². The molecule has 1 N–H and O–H groups in total. The number of thiazole rings is 1. The van der Waals surface area contributed by atoms with E-state index in [0.717, 1.165) is 27.2 Å². The van der Waals surface area contributed by atoms with Crippen molar-refractivity contribution in [2.24, 2.45) is 5.92 Å². The molecule has 1 atom stereocenters. The van der Waals surface area contributed by atoms with Crippen molar-refractivity contribution in [2.45, 2.75) is 59.7 Å². The number of carbonyl (C=O) groups is 1. The first kappa shape index (κ1) is 17.9. The van der Waals surface area contributed by atoms with Gasteiger partial charge in [-0.25, -0.2) is 9.78 Å². The van der Waals surface area contributed by atoms with Crippen molar-refractivity contribution in [3.63, 3.8) is 0 Å². The first-order valence-corrected chi connectivity index (χ1v) is 8.69. The molecule has 0 aliphatic heterocycles. The maximum absolute atomic E-state index is 11.7. The molecule has 0 unspecified atom stereocenters. The minimum Gasteiger partial charge on any atom is -0.479 e. The molecule has 0 aliphatic rings. The minimum atomic E-state index is -0.964. The summed E-state index contributed by atoms with van der Waals surface area (Å²) in [6, 6.07) is 3.89. The van der Waals surface area contributed by atoms with Gasteiger partial charge in [-0.05, 0) is 56.9 Å². The molecule has 0 amide bonds. The highest BCUT2D eigenvalue weighted by atomic mass is 32.1. The molecule has 2 rings (SSSR count). The van der Waals surface area contributed by atoms with E-state index in [2.05, 4.69) is 18.8 Å². The number of aryl methyl sites for hydroxylation is 1. The van der Waals surface area contributed by atoms with Gasteiger partial charge < -0.3 is 9.84 Å². The molecule has 0 fully saturated rings. The number of rotatable bonds is 5. The monoisotopic (exact) mass is 335 g/mol. The van der Waals surface area contributed by atoms with Crippen LogP contribution in [0.15, 0.2) is 12.1 Å². The fourth-order valence-corrected chi connectivity index (χ4v) is 3.67. The Labute approximate surface area is 141 Å². The lowest BCUT2D eigenvalue weighted by atomic mass is 10.0. The van der Waals surface area contributed by atoms with Gasteiger partial charge in [0.25, 0.3) is 0 Å². The van der Waals surface area contributed by atoms with Crippen molar-refractivity contribution in [1.29, 1.82) is 0 Å². The van der Waals surface area contributed by atoms with Crippen molar-refractivity contribution in [1.82, 2.24) is 4.98 Å². The standard InChI is InChI=1S/C18H25NO3S/c1-10(2)7-15-19-13-8-11(3)12(9-14(13)23-15)16(17(20)21)22-18(4,5)6/h8-10,16H,7H2,1-6H3,(H,20,21)/t16-/m0/s1. The third kappa shape index (κ3) is 4.52. The summed E-state index contributed by atoms with van der Waals surface area (Å²) in [5.74, 6) is -0.415. The van der Waals surface area contributed by atoms with E-state index in [1.807, 2.05) is 39.8 Å². The van der Waals surface area contributed by atoms with Gasteiger partial charge in [-0.3, -0.25) is 0 Å². The van der Waals surface area contributed by atoms with E-state index < -0.39 is 17.7 Å². The van der Waals surface area contributed by atoms with E-state index >= 15 is 0 Å². The Morgan fingerprint density at radius 2 is 2.00 bits per heavy atom. The molecular formula is C18H25NO3S. The second-order valence-electron chi connectivity index (χ2n) is 7.33. The molecule has 23 heavy (non-hydrogen) atoms. The Kier molecular flexibility index (Phi) is 5.11. The van der Waals surface area contributed by atoms with E-state index in [-0.39, 0.29) is 0 Å². The van der Waals surface area contributed by atoms with Gasteiger partial charge in [0.2, 0.25) is 0 Å². The molecule has 4 nitrogen and oxygen atoms in total. The second kappa shape index (κ2) is 6.57. The van der Waals surface area contributed by atoms with Crippen molar-refractivity contribution in [3.05, 3.63) is 28.3 Å². The van der Waals surface area contributed by atoms with Gasteiger partial charge in [-0.1, -0.05) is 13.8 Å². The number of ether oxygens (including phenoxy) is 1. The van der Waals surface area contributed by atoms with Crippen LogP contribution in [0.1, 0.15) is 56.9 Å². The molecule has 1 aromatic carbocycles. The maximum Gasteiger partial charge on any atom is 0.337 e. The van der Waals surface area contributed by atoms with Crippen LogP contribution in [0.2, 0.25) is 0 Å². The minimum absolute atomic E-state index is 0.527. The van der Waals surface area contributed by atoms with Crippen LogP contribution in [0.3, 0.4) is 0 Å². The van der Waals surface area contributed by atoms with Crippen molar-refractivity contribution in [3.8, 4) is 0 Å². The zero-order valence-corrected chi connectivity index (χ0v) is 15.5. The fraction of sp³-hybridized carbons (Fsp3) is 0.556. The molecule has 1 aromatic heterocycles. The average Bonchev–Trinajstić information content (AvgIpc) is 2.73. The van der Waals surface area contributed by atoms with E-state index in [0.29, 0.717) is 11.5 Å². The number of fused-ring (bicyclic) bond motifs is 1. The Hall–Kier alpha value is -1.46. The van der Waals surface area contributed by atoms with Crippen LogP contribution in [0, 0.1) is 12.8 Å². The lowest BCUT2D eigenvalue weighted by molar-refractivity contribution is -0.160. The third-order valence-corrected chi connectivity index (χ3v) is 4.42. The highest BCUT2D eigenvalue weighted by Crippen LogP contribution is 2.32. The molecule has 0 aliphatic carbocycles. The maximum atomic E-state index is 11.7. The van der Waals surface area contributed by atoms with Crippen molar-refractivity contribution in [2.75, 3.05) is 0 Å². The van der Waals surface area contributed by atoms with Crippen LogP contribution in [-0.2, 0) is 16.0 Å². The molecule has 0 spiro atoms. The fourth-order valence-electron chi connectivity index (χ4n) is 2.46. The van der Waals surface area contributed by atoms with Gasteiger partial charge in [0.1, 0.15) is 0 Å². The Morgan fingerprint density at radius 1 is 1.35 bits per heavy atom. The van der Waals surface area contributed by atoms with Gasteiger partial charge in [0, 0.05) is 6.42 Å². The third-order valence-electron chi connectivity index (χ3n) is 3.38. The SMILES string of the molecule is Cc1cc2nc(CC(C)C)sc2cc1[C@H](OC(C)(C)C)C(=O)O. The summed E-state index contributed by atoms with van der Waals surface area (Å²) in [6.07, 6.45) is -0.0239. The summed E-state index contributed by atoms with van der Waals surface area (Å²) in [5, 5.41) is 10.7. The first-order valence-electron chi connectivity index (χ1n) is 7.87. The number of carboxylic acid groups (broad SMARTS) is 1. The van der Waals surface area contributed by atoms with Crippen LogP contribution >= 0.6 is 11.3 Å². The normalized spacial score (nSPS) is 13.7. The second-order valence-corrected chi connectivity index (χ2v) is 8.45. The largest absolute Gasteiger partial charge is 0.479 e. The molecule has 1 heterocycles. The number of aromatic nitrogens is 1. The summed E-state index contributed by atoms with van der Waals surface area (Å²) >= 11 is 1.64. The molecule has 2 aromatic rings. The number of aliphatic carboxylic acids is 1. The van der Waals surface area contributed by atoms with Crippen LogP contribution in [0.25, 0.3) is 10.2 Å². The van der Waals surface area contributed by atoms with Gasteiger partial charge in [0.15, 0.2) is 6.10 Å². The quantitative estimate of drug-likeness (QED) is 0.857. The number of hydrogen-bond donors (Lipinski definition) is 1. The summed E-state index contributed by atoms with van der Waals surface area (Å²) in [7, 11) is 0.